The molecule has 2 heterocycles. The van der Waals surface area contributed by atoms with Crippen LogP contribution in [-0.2, 0) is 16.1 Å². The second kappa shape index (κ2) is 9.13. The van der Waals surface area contributed by atoms with Gasteiger partial charge in [0.15, 0.2) is 11.5 Å². The Bertz CT molecular complexity index is 1140. The molecule has 8 heteroatoms. The average Bonchev–Trinajstić information content (AvgIpc) is 2.76. The van der Waals surface area contributed by atoms with Crippen molar-refractivity contribution in [3.05, 3.63) is 69.8 Å². The van der Waals surface area contributed by atoms with Crippen molar-refractivity contribution in [3.63, 3.8) is 0 Å². The van der Waals surface area contributed by atoms with E-state index in [0.717, 1.165) is 5.56 Å². The summed E-state index contributed by atoms with van der Waals surface area (Å²) < 4.78 is 22.5. The van der Waals surface area contributed by atoms with Crippen molar-refractivity contribution in [3.8, 4) is 17.2 Å². The maximum absolute atomic E-state index is 12.2. The Kier molecular flexibility index (Phi) is 6.36. The predicted molar refractivity (Wildman–Crippen MR) is 111 cm³/mol. The number of fused-ring (bicyclic) bond motifs is 1. The molecule has 1 aromatic carbocycles. The molecule has 0 aliphatic carbocycles. The molecule has 0 bridgehead atoms. The molecule has 3 aromatic rings. The van der Waals surface area contributed by atoms with Crippen LogP contribution in [0.15, 0.2) is 47.4 Å². The zero-order valence-corrected chi connectivity index (χ0v) is 17.2. The molecule has 0 unspecified atom stereocenters. The van der Waals surface area contributed by atoms with E-state index in [1.54, 1.807) is 30.5 Å². The zero-order valence-electron chi connectivity index (χ0n) is 17.2. The van der Waals surface area contributed by atoms with Crippen LogP contribution < -0.4 is 19.8 Å². The highest BCUT2D eigenvalue weighted by Crippen LogP contribution is 2.38. The van der Waals surface area contributed by atoms with Crippen molar-refractivity contribution in [1.82, 2.24) is 9.38 Å². The second-order valence-electron chi connectivity index (χ2n) is 6.37. The summed E-state index contributed by atoms with van der Waals surface area (Å²) in [4.78, 5) is 28.7. The van der Waals surface area contributed by atoms with Crippen LogP contribution in [0.5, 0.6) is 17.2 Å². The Balaban J connectivity index is 1.73. The number of benzene rings is 1. The number of pyridine rings is 1. The van der Waals surface area contributed by atoms with Crippen LogP contribution in [0.3, 0.4) is 0 Å². The highest BCUT2D eigenvalue weighted by molar-refractivity contribution is 5.87. The third-order valence-electron chi connectivity index (χ3n) is 4.40. The van der Waals surface area contributed by atoms with Gasteiger partial charge in [0, 0.05) is 18.3 Å². The van der Waals surface area contributed by atoms with Gasteiger partial charge in [-0.25, -0.2) is 9.78 Å². The van der Waals surface area contributed by atoms with E-state index < -0.39 is 5.97 Å². The average molecular weight is 410 g/mol. The number of aromatic nitrogens is 2. The highest BCUT2D eigenvalue weighted by Gasteiger charge is 2.12. The molecule has 2 aromatic heterocycles. The maximum Gasteiger partial charge on any atom is 0.331 e. The molecule has 3 rings (SSSR count). The van der Waals surface area contributed by atoms with Gasteiger partial charge < -0.3 is 18.9 Å². The molecule has 156 valence electrons. The van der Waals surface area contributed by atoms with Gasteiger partial charge in [-0.1, -0.05) is 6.07 Å². The van der Waals surface area contributed by atoms with E-state index in [1.807, 2.05) is 13.0 Å². The van der Waals surface area contributed by atoms with Gasteiger partial charge in [0.2, 0.25) is 5.75 Å². The fourth-order valence-electron chi connectivity index (χ4n) is 2.94. The molecule has 8 nitrogen and oxygen atoms in total. The van der Waals surface area contributed by atoms with E-state index in [-0.39, 0.29) is 12.2 Å². The number of carbonyl (C=O) groups is 1. The molecule has 30 heavy (non-hydrogen) atoms. The van der Waals surface area contributed by atoms with Gasteiger partial charge in [-0.15, -0.1) is 0 Å². The molecular formula is C22H22N2O6. The van der Waals surface area contributed by atoms with Crippen molar-refractivity contribution in [2.45, 2.75) is 13.5 Å². The van der Waals surface area contributed by atoms with Crippen LogP contribution >= 0.6 is 0 Å². The third-order valence-corrected chi connectivity index (χ3v) is 4.40. The van der Waals surface area contributed by atoms with Gasteiger partial charge in [0.25, 0.3) is 5.56 Å². The molecule has 0 aliphatic heterocycles. The monoisotopic (exact) mass is 410 g/mol. The van der Waals surface area contributed by atoms with Crippen LogP contribution in [0.4, 0.5) is 0 Å². The van der Waals surface area contributed by atoms with Crippen molar-refractivity contribution >= 4 is 17.7 Å². The van der Waals surface area contributed by atoms with Crippen LogP contribution in [0.2, 0.25) is 0 Å². The predicted octanol–water partition coefficient (Wildman–Crippen LogP) is 2.79. The summed E-state index contributed by atoms with van der Waals surface area (Å²) >= 11 is 0. The van der Waals surface area contributed by atoms with E-state index in [2.05, 4.69) is 4.98 Å². The largest absolute Gasteiger partial charge is 0.493 e. The maximum atomic E-state index is 12.2. The van der Waals surface area contributed by atoms with Crippen molar-refractivity contribution < 1.29 is 23.7 Å². The Labute approximate surface area is 173 Å². The summed E-state index contributed by atoms with van der Waals surface area (Å²) in [6.45, 7) is 1.75. The molecule has 0 N–H and O–H groups in total. The van der Waals surface area contributed by atoms with Crippen LogP contribution in [0.1, 0.15) is 16.8 Å². The van der Waals surface area contributed by atoms with Crippen molar-refractivity contribution in [1.29, 1.82) is 0 Å². The van der Waals surface area contributed by atoms with Gasteiger partial charge in [-0.3, -0.25) is 9.20 Å². The lowest BCUT2D eigenvalue weighted by Gasteiger charge is -2.12. The van der Waals surface area contributed by atoms with Gasteiger partial charge in [-0.05, 0) is 42.3 Å². The lowest BCUT2D eigenvalue weighted by Crippen LogP contribution is -2.17. The van der Waals surface area contributed by atoms with Crippen LogP contribution in [0.25, 0.3) is 11.7 Å². The normalized spacial score (nSPS) is 10.9. The SMILES string of the molecule is COc1cc(/C=C/C(=O)OCc2cc(=O)n3cccc(C)c3n2)cc(OC)c1OC. The summed E-state index contributed by atoms with van der Waals surface area (Å²) in [5.74, 6) is 0.835. The van der Waals surface area contributed by atoms with Gasteiger partial charge in [0.1, 0.15) is 12.3 Å². The second-order valence-corrected chi connectivity index (χ2v) is 6.37. The van der Waals surface area contributed by atoms with Crippen LogP contribution in [-0.4, -0.2) is 36.7 Å². The number of rotatable bonds is 7. The van der Waals surface area contributed by atoms with E-state index in [9.17, 15) is 9.59 Å². The number of esters is 1. The lowest BCUT2D eigenvalue weighted by molar-refractivity contribution is -0.139. The fraction of sp³-hybridized carbons (Fsp3) is 0.227. The quantitative estimate of drug-likeness (QED) is 0.437. The Morgan fingerprint density at radius 1 is 1.10 bits per heavy atom. The van der Waals surface area contributed by atoms with Gasteiger partial charge in [-0.2, -0.15) is 0 Å². The first-order chi connectivity index (χ1) is 14.5. The minimum absolute atomic E-state index is 0.113. The van der Waals surface area contributed by atoms with Crippen molar-refractivity contribution in [2.75, 3.05) is 21.3 Å². The number of aryl methyl sites for hydroxylation is 1. The molecule has 0 aliphatic rings. The summed E-state index contributed by atoms with van der Waals surface area (Å²) in [7, 11) is 4.54. The number of hydrogen-bond acceptors (Lipinski definition) is 7. The molecule has 0 spiro atoms. The van der Waals surface area contributed by atoms with E-state index in [4.69, 9.17) is 18.9 Å². The highest BCUT2D eigenvalue weighted by atomic mass is 16.5. The van der Waals surface area contributed by atoms with Crippen molar-refractivity contribution in [2.24, 2.45) is 0 Å². The lowest BCUT2D eigenvalue weighted by atomic mass is 10.1. The first-order valence-corrected chi connectivity index (χ1v) is 9.09. The standard InChI is InChI=1S/C22H22N2O6/c1-14-6-5-9-24-19(25)12-16(23-22(14)24)13-30-20(26)8-7-15-10-17(27-2)21(29-4)18(11-15)28-3/h5-12H,13H2,1-4H3/b8-7+. The molecule has 0 saturated heterocycles. The first kappa shape index (κ1) is 20.9. The molecular weight excluding hydrogens is 388 g/mol. The summed E-state index contributed by atoms with van der Waals surface area (Å²) in [5.41, 5.74) is 2.19. The Morgan fingerprint density at radius 2 is 1.80 bits per heavy atom. The fourth-order valence-corrected chi connectivity index (χ4v) is 2.94. The summed E-state index contributed by atoms with van der Waals surface area (Å²) in [6.07, 6.45) is 4.49. The molecule has 0 saturated carbocycles. The number of methoxy groups -OCH3 is 3. The number of ether oxygens (including phenoxy) is 4. The number of hydrogen-bond donors (Lipinski definition) is 0. The molecule has 0 radical (unpaired) electrons. The Hall–Kier alpha value is -3.81. The molecule has 0 amide bonds. The number of carbonyl (C=O) groups excluding carboxylic acids is 1. The van der Waals surface area contributed by atoms with Gasteiger partial charge >= 0.3 is 5.97 Å². The smallest absolute Gasteiger partial charge is 0.331 e. The van der Waals surface area contributed by atoms with E-state index >= 15 is 0 Å². The topological polar surface area (TPSA) is 88.4 Å². The minimum Gasteiger partial charge on any atom is -0.493 e. The van der Waals surface area contributed by atoms with Gasteiger partial charge in [0.05, 0.1) is 27.0 Å². The van der Waals surface area contributed by atoms with Crippen LogP contribution in [0, 0.1) is 6.92 Å². The summed E-state index contributed by atoms with van der Waals surface area (Å²) in [6, 6.07) is 8.40. The Morgan fingerprint density at radius 3 is 2.43 bits per heavy atom. The molecule has 0 fully saturated rings. The number of nitrogens with zero attached hydrogens (tertiary/aromatic N) is 2. The summed E-state index contributed by atoms with van der Waals surface area (Å²) in [5, 5.41) is 0. The van der Waals surface area contributed by atoms with E-state index in [1.165, 1.54) is 37.9 Å². The first-order valence-electron chi connectivity index (χ1n) is 9.09. The third kappa shape index (κ3) is 4.43. The zero-order chi connectivity index (χ0) is 21.7. The molecule has 0 atom stereocenters. The minimum atomic E-state index is -0.574. The van der Waals surface area contributed by atoms with E-state index in [0.29, 0.717) is 34.2 Å².